The van der Waals surface area contributed by atoms with Crippen LogP contribution in [0.2, 0.25) is 0 Å². The van der Waals surface area contributed by atoms with Crippen LogP contribution in [0.3, 0.4) is 0 Å². The van der Waals surface area contributed by atoms with Crippen LogP contribution in [0.15, 0.2) is 60.9 Å². The third-order valence-electron chi connectivity index (χ3n) is 3.75. The molecule has 0 unspecified atom stereocenters. The number of ether oxygens (including phenoxy) is 4. The smallest absolute Gasteiger partial charge is 0.118 e. The number of hydrogen-bond donors (Lipinski definition) is 0. The first kappa shape index (κ1) is 20.0. The average Bonchev–Trinajstić information content (AvgIpc) is 2.70. The molecule has 4 heteroatoms. The number of rotatable bonds is 12. The number of benzene rings is 2. The molecule has 140 valence electrons. The van der Waals surface area contributed by atoms with Gasteiger partial charge in [0.2, 0.25) is 0 Å². The van der Waals surface area contributed by atoms with E-state index in [0.717, 1.165) is 35.5 Å². The van der Waals surface area contributed by atoms with E-state index in [4.69, 9.17) is 18.9 Å². The Balaban J connectivity index is 1.91. The quantitative estimate of drug-likeness (QED) is 0.413. The van der Waals surface area contributed by atoms with Crippen LogP contribution < -0.4 is 4.74 Å². The van der Waals surface area contributed by atoms with Gasteiger partial charge in [-0.2, -0.15) is 0 Å². The highest BCUT2D eigenvalue weighted by Crippen LogP contribution is 2.25. The molecule has 0 spiro atoms. The maximum absolute atomic E-state index is 5.73. The Morgan fingerprint density at radius 2 is 1.38 bits per heavy atom. The average molecular weight is 356 g/mol. The Hall–Kier alpha value is -2.30. The van der Waals surface area contributed by atoms with E-state index in [1.807, 2.05) is 42.5 Å². The largest absolute Gasteiger partial charge is 0.498 e. The molecule has 0 bridgehead atoms. The second-order valence-corrected chi connectivity index (χ2v) is 5.72. The molecule has 0 heterocycles. The third-order valence-corrected chi connectivity index (χ3v) is 3.75. The van der Waals surface area contributed by atoms with Crippen LogP contribution in [-0.4, -0.2) is 40.1 Å². The normalized spacial score (nSPS) is 11.4. The van der Waals surface area contributed by atoms with Crippen LogP contribution in [0.25, 0.3) is 5.57 Å². The minimum Gasteiger partial charge on any atom is -0.498 e. The van der Waals surface area contributed by atoms with E-state index in [0.29, 0.717) is 26.4 Å². The lowest BCUT2D eigenvalue weighted by atomic mass is 9.99. The summed E-state index contributed by atoms with van der Waals surface area (Å²) in [5.41, 5.74) is 3.21. The molecule has 0 saturated heterocycles. The molecule has 2 rings (SSSR count). The Morgan fingerprint density at radius 1 is 0.769 bits per heavy atom. The van der Waals surface area contributed by atoms with Crippen LogP contribution in [-0.2, 0) is 14.2 Å². The maximum Gasteiger partial charge on any atom is 0.118 e. The van der Waals surface area contributed by atoms with Gasteiger partial charge in [-0.05, 0) is 29.7 Å². The van der Waals surface area contributed by atoms with Gasteiger partial charge in [0.25, 0.3) is 0 Å². The monoisotopic (exact) mass is 356 g/mol. The highest BCUT2D eigenvalue weighted by molar-refractivity contribution is 5.79. The van der Waals surface area contributed by atoms with Crippen molar-refractivity contribution >= 4 is 5.57 Å². The van der Waals surface area contributed by atoms with Crippen molar-refractivity contribution in [3.05, 3.63) is 72.0 Å². The zero-order chi connectivity index (χ0) is 18.5. The van der Waals surface area contributed by atoms with Gasteiger partial charge in [0.15, 0.2) is 0 Å². The van der Waals surface area contributed by atoms with E-state index in [2.05, 4.69) is 19.1 Å². The predicted molar refractivity (Wildman–Crippen MR) is 104 cm³/mol. The van der Waals surface area contributed by atoms with Crippen LogP contribution in [0, 0.1) is 0 Å². The minimum absolute atomic E-state index is 0.500. The van der Waals surface area contributed by atoms with Gasteiger partial charge < -0.3 is 18.9 Å². The zero-order valence-electron chi connectivity index (χ0n) is 15.6. The van der Waals surface area contributed by atoms with Crippen molar-refractivity contribution in [3.63, 3.8) is 0 Å². The summed E-state index contributed by atoms with van der Waals surface area (Å²) in [6.07, 6.45) is 2.83. The fourth-order valence-electron chi connectivity index (χ4n) is 2.41. The van der Waals surface area contributed by atoms with Gasteiger partial charge >= 0.3 is 0 Å². The zero-order valence-corrected chi connectivity index (χ0v) is 15.6. The van der Waals surface area contributed by atoms with Gasteiger partial charge in [0.1, 0.15) is 12.4 Å². The van der Waals surface area contributed by atoms with Gasteiger partial charge in [0.05, 0.1) is 33.2 Å². The predicted octanol–water partition coefficient (Wildman–Crippen LogP) is 4.54. The summed E-state index contributed by atoms with van der Waals surface area (Å²) in [6, 6.07) is 18.1. The molecule has 0 aliphatic carbocycles. The second kappa shape index (κ2) is 12.1. The van der Waals surface area contributed by atoms with Gasteiger partial charge in [-0.25, -0.2) is 0 Å². The summed E-state index contributed by atoms with van der Waals surface area (Å²) in [4.78, 5) is 0. The van der Waals surface area contributed by atoms with Crippen molar-refractivity contribution in [1.29, 1.82) is 0 Å². The Labute approximate surface area is 156 Å². The summed E-state index contributed by atoms with van der Waals surface area (Å²) >= 11 is 0. The SMILES string of the molecule is CCCOCCOCCOC=C(c1ccccc1)c1ccc(OC)cc1. The highest BCUT2D eigenvalue weighted by atomic mass is 16.5. The Morgan fingerprint density at radius 3 is 2.04 bits per heavy atom. The Bertz CT molecular complexity index is 635. The molecule has 0 aromatic heterocycles. The summed E-state index contributed by atoms with van der Waals surface area (Å²) < 4.78 is 21.8. The fraction of sp³-hybridized carbons (Fsp3) is 0.364. The van der Waals surface area contributed by atoms with E-state index < -0.39 is 0 Å². The first-order valence-electron chi connectivity index (χ1n) is 9.02. The van der Waals surface area contributed by atoms with Crippen LogP contribution in [0.5, 0.6) is 5.75 Å². The van der Waals surface area contributed by atoms with Gasteiger partial charge in [0, 0.05) is 12.2 Å². The molecule has 0 radical (unpaired) electrons. The summed E-state index contributed by atoms with van der Waals surface area (Å²) in [7, 11) is 1.67. The summed E-state index contributed by atoms with van der Waals surface area (Å²) in [5.74, 6) is 0.834. The lowest BCUT2D eigenvalue weighted by Crippen LogP contribution is -2.08. The van der Waals surface area contributed by atoms with E-state index in [-0.39, 0.29) is 0 Å². The van der Waals surface area contributed by atoms with E-state index >= 15 is 0 Å². The van der Waals surface area contributed by atoms with Gasteiger partial charge in [-0.15, -0.1) is 0 Å². The van der Waals surface area contributed by atoms with Crippen LogP contribution in [0.1, 0.15) is 24.5 Å². The molecule has 0 N–H and O–H groups in total. The lowest BCUT2D eigenvalue weighted by molar-refractivity contribution is 0.0309. The summed E-state index contributed by atoms with van der Waals surface area (Å²) in [6.45, 7) is 5.14. The van der Waals surface area contributed by atoms with Crippen molar-refractivity contribution in [2.24, 2.45) is 0 Å². The molecule has 4 nitrogen and oxygen atoms in total. The maximum atomic E-state index is 5.73. The van der Waals surface area contributed by atoms with Gasteiger partial charge in [-0.1, -0.05) is 49.4 Å². The molecule has 26 heavy (non-hydrogen) atoms. The van der Waals surface area contributed by atoms with Crippen LogP contribution in [0.4, 0.5) is 0 Å². The van der Waals surface area contributed by atoms with E-state index in [1.54, 1.807) is 13.4 Å². The van der Waals surface area contributed by atoms with Crippen molar-refractivity contribution < 1.29 is 18.9 Å². The summed E-state index contributed by atoms with van der Waals surface area (Å²) in [5, 5.41) is 0. The molecule has 0 aliphatic heterocycles. The van der Waals surface area contributed by atoms with Crippen molar-refractivity contribution in [1.82, 2.24) is 0 Å². The molecule has 0 amide bonds. The number of hydrogen-bond acceptors (Lipinski definition) is 4. The molecule has 2 aromatic rings. The van der Waals surface area contributed by atoms with E-state index in [1.165, 1.54) is 0 Å². The second-order valence-electron chi connectivity index (χ2n) is 5.72. The molecule has 0 atom stereocenters. The molecule has 0 fully saturated rings. The van der Waals surface area contributed by atoms with E-state index in [9.17, 15) is 0 Å². The topological polar surface area (TPSA) is 36.9 Å². The van der Waals surface area contributed by atoms with Crippen LogP contribution >= 0.6 is 0 Å². The Kier molecular flexibility index (Phi) is 9.33. The lowest BCUT2D eigenvalue weighted by Gasteiger charge is -2.10. The highest BCUT2D eigenvalue weighted by Gasteiger charge is 2.06. The molecule has 0 saturated carbocycles. The third kappa shape index (κ3) is 6.90. The standard InChI is InChI=1S/C22H28O4/c1-3-13-24-14-15-25-16-17-26-18-22(19-7-5-4-6-8-19)20-9-11-21(23-2)12-10-20/h4-12,18H,3,13-17H2,1-2H3. The molecule has 0 aliphatic rings. The molecular weight excluding hydrogens is 328 g/mol. The first-order valence-corrected chi connectivity index (χ1v) is 9.02. The first-order chi connectivity index (χ1) is 12.8. The van der Waals surface area contributed by atoms with Gasteiger partial charge in [-0.3, -0.25) is 0 Å². The fourth-order valence-corrected chi connectivity index (χ4v) is 2.41. The van der Waals surface area contributed by atoms with Crippen molar-refractivity contribution in [2.75, 3.05) is 40.1 Å². The van der Waals surface area contributed by atoms with Crippen molar-refractivity contribution in [3.8, 4) is 5.75 Å². The van der Waals surface area contributed by atoms with Crippen molar-refractivity contribution in [2.45, 2.75) is 13.3 Å². The minimum atomic E-state index is 0.500. The molecule has 2 aromatic carbocycles. The molecular formula is C22H28O4. The number of methoxy groups -OCH3 is 1.